The summed E-state index contributed by atoms with van der Waals surface area (Å²) in [6.45, 7) is 0. The molecular formula is C9H7BrN4O4S. The molecule has 2 aromatic rings. The first-order valence-corrected chi connectivity index (χ1v) is 7.08. The van der Waals surface area contributed by atoms with Crippen molar-refractivity contribution >= 4 is 37.6 Å². The fourth-order valence-electron chi connectivity index (χ4n) is 1.31. The number of hydrogen-bond acceptors (Lipinski definition) is 5. The number of aromatic carboxylic acids is 1. The number of halogens is 1. The van der Waals surface area contributed by atoms with E-state index in [9.17, 15) is 13.2 Å². The number of hydrogen-bond donors (Lipinski definition) is 3. The summed E-state index contributed by atoms with van der Waals surface area (Å²) in [6, 6.07) is 1.49. The van der Waals surface area contributed by atoms with Gasteiger partial charge >= 0.3 is 5.97 Å². The van der Waals surface area contributed by atoms with Crippen molar-refractivity contribution in [3.63, 3.8) is 0 Å². The highest BCUT2D eigenvalue weighted by molar-refractivity contribution is 9.10. The van der Waals surface area contributed by atoms with Crippen LogP contribution < -0.4 is 4.72 Å². The maximum Gasteiger partial charge on any atom is 0.340 e. The van der Waals surface area contributed by atoms with Crippen LogP contribution in [0.1, 0.15) is 10.4 Å². The number of aromatic amines is 1. The second-order valence-electron chi connectivity index (χ2n) is 3.42. The topological polar surface area (TPSA) is 125 Å². The van der Waals surface area contributed by atoms with E-state index in [-0.39, 0.29) is 5.69 Å². The van der Waals surface area contributed by atoms with Crippen LogP contribution in [0.4, 0.5) is 5.69 Å². The smallest absolute Gasteiger partial charge is 0.340 e. The van der Waals surface area contributed by atoms with Crippen LogP contribution >= 0.6 is 15.9 Å². The summed E-state index contributed by atoms with van der Waals surface area (Å²) in [5.41, 5.74) is -0.240. The number of sulfonamides is 1. The Balaban J connectivity index is 2.38. The van der Waals surface area contributed by atoms with Gasteiger partial charge in [0.25, 0.3) is 10.0 Å². The zero-order valence-corrected chi connectivity index (χ0v) is 11.6. The van der Waals surface area contributed by atoms with Gasteiger partial charge in [0.2, 0.25) is 0 Å². The molecule has 100 valence electrons. The average Bonchev–Trinajstić information content (AvgIpc) is 2.77. The third-order valence-electron chi connectivity index (χ3n) is 2.06. The first kappa shape index (κ1) is 13.5. The van der Waals surface area contributed by atoms with Crippen molar-refractivity contribution in [2.75, 3.05) is 4.72 Å². The van der Waals surface area contributed by atoms with Gasteiger partial charge in [-0.05, 0) is 22.0 Å². The molecule has 0 aromatic carbocycles. The number of pyridine rings is 1. The number of nitrogens with zero attached hydrogens (tertiary/aromatic N) is 2. The molecule has 0 saturated heterocycles. The molecule has 0 aliphatic carbocycles. The molecule has 0 amide bonds. The number of H-pyrrole nitrogens is 1. The molecule has 0 bridgehead atoms. The van der Waals surface area contributed by atoms with E-state index in [1.54, 1.807) is 0 Å². The van der Waals surface area contributed by atoms with Crippen LogP contribution in [0.2, 0.25) is 0 Å². The van der Waals surface area contributed by atoms with Crippen molar-refractivity contribution in [3.8, 4) is 0 Å². The van der Waals surface area contributed by atoms with Gasteiger partial charge in [-0.15, -0.1) is 0 Å². The van der Waals surface area contributed by atoms with Crippen LogP contribution in [-0.4, -0.2) is 34.7 Å². The second kappa shape index (κ2) is 4.97. The summed E-state index contributed by atoms with van der Waals surface area (Å²) in [7, 11) is -4.07. The molecule has 0 spiro atoms. The normalized spacial score (nSPS) is 11.2. The Morgan fingerprint density at radius 3 is 2.74 bits per heavy atom. The molecule has 0 unspecified atom stereocenters. The van der Waals surface area contributed by atoms with Crippen molar-refractivity contribution in [1.29, 1.82) is 0 Å². The molecule has 2 heterocycles. The third-order valence-corrected chi connectivity index (χ3v) is 3.85. The van der Waals surface area contributed by atoms with E-state index in [1.807, 2.05) is 0 Å². The van der Waals surface area contributed by atoms with E-state index in [0.29, 0.717) is 4.47 Å². The number of aromatic nitrogens is 3. The molecule has 3 N–H and O–H groups in total. The Kier molecular flexibility index (Phi) is 3.53. The van der Waals surface area contributed by atoms with Gasteiger partial charge in [0, 0.05) is 10.7 Å². The van der Waals surface area contributed by atoms with E-state index in [2.05, 4.69) is 35.8 Å². The van der Waals surface area contributed by atoms with Crippen molar-refractivity contribution in [1.82, 2.24) is 15.2 Å². The minimum absolute atomic E-state index is 0.195. The molecule has 0 fully saturated rings. The molecule has 8 nitrogen and oxygen atoms in total. The van der Waals surface area contributed by atoms with E-state index in [4.69, 9.17) is 5.11 Å². The van der Waals surface area contributed by atoms with Gasteiger partial charge < -0.3 is 5.11 Å². The molecule has 0 aliphatic heterocycles. The Hall–Kier alpha value is -1.94. The Morgan fingerprint density at radius 2 is 2.11 bits per heavy atom. The Bertz CT molecular complexity index is 727. The second-order valence-corrected chi connectivity index (χ2v) is 5.95. The highest BCUT2D eigenvalue weighted by atomic mass is 79.9. The summed E-state index contributed by atoms with van der Waals surface area (Å²) in [5, 5.41) is 13.9. The van der Waals surface area contributed by atoms with Gasteiger partial charge in [0.05, 0.1) is 18.1 Å². The van der Waals surface area contributed by atoms with Gasteiger partial charge in [0.1, 0.15) is 5.56 Å². The van der Waals surface area contributed by atoms with Crippen molar-refractivity contribution in [2.24, 2.45) is 0 Å². The van der Waals surface area contributed by atoms with Gasteiger partial charge in [0.15, 0.2) is 5.03 Å². The van der Waals surface area contributed by atoms with Crippen molar-refractivity contribution in [2.45, 2.75) is 5.03 Å². The highest BCUT2D eigenvalue weighted by Crippen LogP contribution is 2.19. The van der Waals surface area contributed by atoms with E-state index < -0.39 is 26.6 Å². The first-order valence-electron chi connectivity index (χ1n) is 4.80. The zero-order chi connectivity index (χ0) is 14.0. The lowest BCUT2D eigenvalue weighted by Crippen LogP contribution is -2.16. The van der Waals surface area contributed by atoms with Gasteiger partial charge in [-0.1, -0.05) is 0 Å². The Labute approximate surface area is 116 Å². The lowest BCUT2D eigenvalue weighted by Gasteiger charge is -2.06. The maximum absolute atomic E-state index is 12.0. The van der Waals surface area contributed by atoms with Gasteiger partial charge in [-0.3, -0.25) is 14.8 Å². The molecule has 0 saturated carbocycles. The summed E-state index contributed by atoms with van der Waals surface area (Å²) in [6.07, 6.45) is 3.70. The standard InChI is InChI=1S/C9H7BrN4O4S/c10-5-1-6(3-11-2-5)14-19(17,18)8-7(9(15)16)4-12-13-8/h1-4,14H,(H,12,13)(H,15,16). The first-order chi connectivity index (χ1) is 8.90. The zero-order valence-electron chi connectivity index (χ0n) is 9.16. The van der Waals surface area contributed by atoms with Crippen LogP contribution in [0.15, 0.2) is 34.2 Å². The minimum Gasteiger partial charge on any atom is -0.478 e. The number of nitrogens with one attached hydrogen (secondary N) is 2. The predicted octanol–water partition coefficient (Wildman–Crippen LogP) is 1.07. The Morgan fingerprint density at radius 1 is 1.37 bits per heavy atom. The maximum atomic E-state index is 12.0. The number of carbonyl (C=O) groups is 1. The largest absolute Gasteiger partial charge is 0.478 e. The summed E-state index contributed by atoms with van der Waals surface area (Å²) in [4.78, 5) is 14.7. The molecule has 10 heteroatoms. The predicted molar refractivity (Wildman–Crippen MR) is 68.3 cm³/mol. The monoisotopic (exact) mass is 346 g/mol. The van der Waals surface area contributed by atoms with Crippen LogP contribution in [-0.2, 0) is 10.0 Å². The summed E-state index contributed by atoms with van der Waals surface area (Å²) < 4.78 is 26.8. The molecular weight excluding hydrogens is 340 g/mol. The van der Waals surface area contributed by atoms with Crippen LogP contribution in [0.5, 0.6) is 0 Å². The fourth-order valence-corrected chi connectivity index (χ4v) is 2.80. The third kappa shape index (κ3) is 2.90. The minimum atomic E-state index is -4.07. The van der Waals surface area contributed by atoms with Crippen molar-refractivity contribution < 1.29 is 18.3 Å². The number of rotatable bonds is 4. The van der Waals surface area contributed by atoms with E-state index in [1.165, 1.54) is 18.5 Å². The number of anilines is 1. The van der Waals surface area contributed by atoms with Crippen LogP contribution in [0.3, 0.4) is 0 Å². The SMILES string of the molecule is O=C(O)c1cn[nH]c1S(=O)(=O)Nc1cncc(Br)c1. The molecule has 2 rings (SSSR count). The summed E-state index contributed by atoms with van der Waals surface area (Å²) >= 11 is 3.14. The molecule has 2 aromatic heterocycles. The van der Waals surface area contributed by atoms with Crippen LogP contribution in [0.25, 0.3) is 0 Å². The number of carboxylic acids is 1. The lowest BCUT2D eigenvalue weighted by molar-refractivity contribution is 0.0692. The molecule has 0 atom stereocenters. The van der Waals surface area contributed by atoms with Crippen molar-refractivity contribution in [3.05, 3.63) is 34.7 Å². The summed E-state index contributed by atoms with van der Waals surface area (Å²) in [5.74, 6) is -1.39. The average molecular weight is 347 g/mol. The molecule has 19 heavy (non-hydrogen) atoms. The number of carboxylic acid groups (broad SMARTS) is 1. The fraction of sp³-hybridized carbons (Fsp3) is 0. The lowest BCUT2D eigenvalue weighted by atomic mass is 10.4. The molecule has 0 radical (unpaired) electrons. The van der Waals surface area contributed by atoms with Crippen LogP contribution in [0, 0.1) is 0 Å². The highest BCUT2D eigenvalue weighted by Gasteiger charge is 2.24. The van der Waals surface area contributed by atoms with E-state index >= 15 is 0 Å². The van der Waals surface area contributed by atoms with Gasteiger partial charge in [-0.25, -0.2) is 4.79 Å². The van der Waals surface area contributed by atoms with Gasteiger partial charge in [-0.2, -0.15) is 13.5 Å². The van der Waals surface area contributed by atoms with E-state index in [0.717, 1.165) is 6.20 Å². The quantitative estimate of drug-likeness (QED) is 0.760. The molecule has 0 aliphatic rings.